The molecule has 0 saturated carbocycles. The van der Waals surface area contributed by atoms with Gasteiger partial charge in [-0.15, -0.1) is 0 Å². The van der Waals surface area contributed by atoms with Gasteiger partial charge in [-0.25, -0.2) is 4.98 Å². The molecule has 0 aliphatic rings. The average molecular weight is 247 g/mol. The minimum absolute atomic E-state index is 0.373. The molecule has 0 spiro atoms. The Morgan fingerprint density at radius 3 is 2.72 bits per heavy atom. The number of aryl methyl sites for hydroxylation is 2. The highest BCUT2D eigenvalue weighted by molar-refractivity contribution is 5.51. The normalized spacial score (nSPS) is 11.2. The summed E-state index contributed by atoms with van der Waals surface area (Å²) in [6, 6.07) is 0.373. The zero-order valence-corrected chi connectivity index (χ0v) is 11.5. The molecule has 5 nitrogen and oxygen atoms in total. The Hall–Kier alpha value is -1.78. The second-order valence-corrected chi connectivity index (χ2v) is 4.83. The van der Waals surface area contributed by atoms with E-state index in [1.165, 1.54) is 0 Å². The van der Waals surface area contributed by atoms with Gasteiger partial charge in [0.1, 0.15) is 0 Å². The number of aromatic nitrogens is 4. The monoisotopic (exact) mass is 247 g/mol. The zero-order valence-electron chi connectivity index (χ0n) is 11.5. The van der Waals surface area contributed by atoms with Crippen LogP contribution in [0.3, 0.4) is 0 Å². The van der Waals surface area contributed by atoms with E-state index in [4.69, 9.17) is 0 Å². The first-order valence-electron chi connectivity index (χ1n) is 6.45. The Balaban J connectivity index is 2.17. The van der Waals surface area contributed by atoms with Crippen LogP contribution in [0.4, 0.5) is 11.6 Å². The maximum absolute atomic E-state index is 4.49. The van der Waals surface area contributed by atoms with Gasteiger partial charge in [0.25, 0.3) is 0 Å². The van der Waals surface area contributed by atoms with Crippen molar-refractivity contribution in [3.05, 3.63) is 24.3 Å². The van der Waals surface area contributed by atoms with Crippen LogP contribution in [0, 0.1) is 6.92 Å². The first-order chi connectivity index (χ1) is 8.60. The Bertz CT molecular complexity index is 509. The molecule has 0 aliphatic carbocycles. The molecule has 2 heterocycles. The van der Waals surface area contributed by atoms with E-state index in [2.05, 4.69) is 46.9 Å². The minimum atomic E-state index is 0.373. The maximum Gasteiger partial charge on any atom is 0.207 e. The van der Waals surface area contributed by atoms with Crippen molar-refractivity contribution in [3.63, 3.8) is 0 Å². The van der Waals surface area contributed by atoms with Gasteiger partial charge in [-0.05, 0) is 27.2 Å². The molecule has 0 atom stereocenters. The zero-order chi connectivity index (χ0) is 13.1. The van der Waals surface area contributed by atoms with E-state index in [0.717, 1.165) is 30.3 Å². The van der Waals surface area contributed by atoms with Gasteiger partial charge in [0.2, 0.25) is 5.95 Å². The Morgan fingerprint density at radius 2 is 2.11 bits per heavy atom. The van der Waals surface area contributed by atoms with Gasteiger partial charge in [0.05, 0.1) is 17.6 Å². The number of anilines is 2. The third-order valence-electron chi connectivity index (χ3n) is 2.75. The van der Waals surface area contributed by atoms with Crippen molar-refractivity contribution in [2.24, 2.45) is 0 Å². The van der Waals surface area contributed by atoms with Crippen molar-refractivity contribution in [2.75, 3.05) is 5.32 Å². The summed E-state index contributed by atoms with van der Waals surface area (Å²) in [5, 5.41) is 7.63. The molecular weight excluding hydrogens is 226 g/mol. The highest BCUT2D eigenvalue weighted by Crippen LogP contribution is 2.17. The van der Waals surface area contributed by atoms with Crippen LogP contribution in [0.5, 0.6) is 0 Å². The lowest BCUT2D eigenvalue weighted by Gasteiger charge is -2.07. The molecule has 0 saturated heterocycles. The Labute approximate surface area is 108 Å². The molecule has 0 aromatic carbocycles. The van der Waals surface area contributed by atoms with Crippen LogP contribution in [-0.2, 0) is 6.54 Å². The van der Waals surface area contributed by atoms with Gasteiger partial charge in [-0.3, -0.25) is 4.68 Å². The van der Waals surface area contributed by atoms with E-state index in [0.29, 0.717) is 6.04 Å². The lowest BCUT2D eigenvalue weighted by atomic mass is 10.4. The molecule has 0 fully saturated rings. The van der Waals surface area contributed by atoms with Crippen molar-refractivity contribution in [3.8, 4) is 0 Å². The van der Waals surface area contributed by atoms with Gasteiger partial charge >= 0.3 is 0 Å². The van der Waals surface area contributed by atoms with Crippen LogP contribution >= 0.6 is 0 Å². The van der Waals surface area contributed by atoms with Crippen LogP contribution < -0.4 is 5.32 Å². The van der Waals surface area contributed by atoms with Crippen LogP contribution in [0.2, 0.25) is 0 Å². The fraction of sp³-hybridized carbons (Fsp3) is 0.538. The predicted octanol–water partition coefficient (Wildman–Crippen LogP) is 3.12. The molecule has 0 amide bonds. The molecule has 18 heavy (non-hydrogen) atoms. The molecule has 0 radical (unpaired) electrons. The molecule has 5 heteroatoms. The molecule has 2 rings (SSSR count). The minimum Gasteiger partial charge on any atom is -0.323 e. The molecule has 2 aromatic heterocycles. The fourth-order valence-corrected chi connectivity index (χ4v) is 1.87. The quantitative estimate of drug-likeness (QED) is 0.883. The lowest BCUT2D eigenvalue weighted by molar-refractivity contribution is 0.532. The van der Waals surface area contributed by atoms with Gasteiger partial charge in [0.15, 0.2) is 0 Å². The van der Waals surface area contributed by atoms with E-state index in [9.17, 15) is 0 Å². The van der Waals surface area contributed by atoms with E-state index in [-0.39, 0.29) is 0 Å². The van der Waals surface area contributed by atoms with Gasteiger partial charge in [0, 0.05) is 25.0 Å². The summed E-state index contributed by atoms with van der Waals surface area (Å²) < 4.78 is 4.07. The van der Waals surface area contributed by atoms with E-state index >= 15 is 0 Å². The summed E-state index contributed by atoms with van der Waals surface area (Å²) in [5.74, 6) is 0.887. The standard InChI is InChI=1S/C13H21N5/c1-5-6-17-8-11(4)15-13(17)16-12-7-14-18(9-12)10(2)3/h7-10H,5-6H2,1-4H3,(H,15,16). The van der Waals surface area contributed by atoms with E-state index < -0.39 is 0 Å². The van der Waals surface area contributed by atoms with E-state index in [1.807, 2.05) is 24.0 Å². The largest absolute Gasteiger partial charge is 0.323 e. The Morgan fingerprint density at radius 1 is 1.33 bits per heavy atom. The maximum atomic E-state index is 4.49. The van der Waals surface area contributed by atoms with Crippen molar-refractivity contribution in [2.45, 2.75) is 46.7 Å². The predicted molar refractivity (Wildman–Crippen MR) is 73.1 cm³/mol. The van der Waals surface area contributed by atoms with Crippen LogP contribution in [0.15, 0.2) is 18.6 Å². The molecule has 0 aliphatic heterocycles. The number of hydrogen-bond acceptors (Lipinski definition) is 3. The van der Waals surface area contributed by atoms with Gasteiger partial charge in [-0.1, -0.05) is 6.92 Å². The number of hydrogen-bond donors (Lipinski definition) is 1. The highest BCUT2D eigenvalue weighted by atomic mass is 15.3. The fourth-order valence-electron chi connectivity index (χ4n) is 1.87. The summed E-state index contributed by atoms with van der Waals surface area (Å²) in [7, 11) is 0. The summed E-state index contributed by atoms with van der Waals surface area (Å²) in [4.78, 5) is 4.49. The third-order valence-corrected chi connectivity index (χ3v) is 2.75. The molecule has 0 bridgehead atoms. The molecular formula is C13H21N5. The molecule has 1 N–H and O–H groups in total. The summed E-state index contributed by atoms with van der Waals surface area (Å²) in [5.41, 5.74) is 2.01. The smallest absolute Gasteiger partial charge is 0.207 e. The van der Waals surface area contributed by atoms with Gasteiger partial charge < -0.3 is 9.88 Å². The Kier molecular flexibility index (Phi) is 3.69. The van der Waals surface area contributed by atoms with Gasteiger partial charge in [-0.2, -0.15) is 5.10 Å². The van der Waals surface area contributed by atoms with Crippen molar-refractivity contribution >= 4 is 11.6 Å². The SMILES string of the molecule is CCCn1cc(C)nc1Nc1cnn(C(C)C)c1. The van der Waals surface area contributed by atoms with Crippen LogP contribution in [0.25, 0.3) is 0 Å². The molecule has 98 valence electrons. The van der Waals surface area contributed by atoms with Crippen molar-refractivity contribution in [1.82, 2.24) is 19.3 Å². The molecule has 2 aromatic rings. The van der Waals surface area contributed by atoms with Crippen molar-refractivity contribution in [1.29, 1.82) is 0 Å². The highest BCUT2D eigenvalue weighted by Gasteiger charge is 2.07. The number of nitrogens with zero attached hydrogens (tertiary/aromatic N) is 4. The van der Waals surface area contributed by atoms with Crippen molar-refractivity contribution < 1.29 is 0 Å². The first kappa shape index (κ1) is 12.7. The summed E-state index contributed by atoms with van der Waals surface area (Å²) in [6.07, 6.45) is 7.00. The second kappa shape index (κ2) is 5.25. The lowest BCUT2D eigenvalue weighted by Crippen LogP contribution is -2.02. The number of rotatable bonds is 5. The number of imidazole rings is 1. The first-order valence-corrected chi connectivity index (χ1v) is 6.45. The third kappa shape index (κ3) is 2.72. The van der Waals surface area contributed by atoms with Crippen LogP contribution in [-0.4, -0.2) is 19.3 Å². The molecule has 0 unspecified atom stereocenters. The summed E-state index contributed by atoms with van der Waals surface area (Å²) >= 11 is 0. The topological polar surface area (TPSA) is 47.7 Å². The summed E-state index contributed by atoms with van der Waals surface area (Å²) in [6.45, 7) is 9.37. The average Bonchev–Trinajstić information content (AvgIpc) is 2.88. The van der Waals surface area contributed by atoms with E-state index in [1.54, 1.807) is 0 Å². The second-order valence-electron chi connectivity index (χ2n) is 4.83. The number of nitrogens with one attached hydrogen (secondary N) is 1. The van der Waals surface area contributed by atoms with Crippen LogP contribution in [0.1, 0.15) is 38.9 Å².